The number of carbonyl (C=O) groups is 2. The topological polar surface area (TPSA) is 83.4 Å². The van der Waals surface area contributed by atoms with E-state index in [1.165, 1.54) is 12.5 Å². The number of carbonyl (C=O) groups excluding carboxylic acids is 2. The predicted octanol–water partition coefficient (Wildman–Crippen LogP) is 0.266. The second-order valence-electron chi connectivity index (χ2n) is 4.75. The molecule has 1 saturated heterocycles. The van der Waals surface area contributed by atoms with Crippen molar-refractivity contribution in [2.75, 3.05) is 13.1 Å². The minimum absolute atomic E-state index is 0.175. The lowest BCUT2D eigenvalue weighted by molar-refractivity contribution is -0.122. The van der Waals surface area contributed by atoms with Gasteiger partial charge in [0.1, 0.15) is 12.3 Å². The van der Waals surface area contributed by atoms with E-state index in [0.29, 0.717) is 18.2 Å². The van der Waals surface area contributed by atoms with Gasteiger partial charge >= 0.3 is 0 Å². The van der Waals surface area contributed by atoms with Crippen molar-refractivity contribution in [1.82, 2.24) is 16.0 Å². The van der Waals surface area contributed by atoms with Crippen LogP contribution >= 0.6 is 0 Å². The first-order valence-corrected chi connectivity index (χ1v) is 6.51. The lowest BCUT2D eigenvalue weighted by atomic mass is 10.2. The number of nitrogens with one attached hydrogen (secondary N) is 3. The summed E-state index contributed by atoms with van der Waals surface area (Å²) in [4.78, 5) is 23.5. The molecule has 0 aromatic carbocycles. The van der Waals surface area contributed by atoms with E-state index >= 15 is 0 Å². The molecule has 1 aromatic heterocycles. The van der Waals surface area contributed by atoms with E-state index in [1.807, 2.05) is 0 Å². The molecule has 1 aliphatic heterocycles. The molecule has 2 heterocycles. The first kappa shape index (κ1) is 13.6. The average molecular weight is 265 g/mol. The third-order valence-electron chi connectivity index (χ3n) is 3.21. The van der Waals surface area contributed by atoms with Crippen LogP contribution in [0.15, 0.2) is 23.0 Å². The summed E-state index contributed by atoms with van der Waals surface area (Å²) in [6.07, 6.45) is 5.00. The molecular formula is C13H19N3O3. The predicted molar refractivity (Wildman–Crippen MR) is 69.7 cm³/mol. The second-order valence-corrected chi connectivity index (χ2v) is 4.75. The van der Waals surface area contributed by atoms with Gasteiger partial charge in [0.25, 0.3) is 5.91 Å². The van der Waals surface area contributed by atoms with Crippen LogP contribution in [0.1, 0.15) is 30.1 Å². The molecule has 2 amide bonds. The Labute approximate surface area is 111 Å². The fourth-order valence-corrected chi connectivity index (χ4v) is 2.05. The first-order valence-electron chi connectivity index (χ1n) is 6.51. The molecule has 0 saturated carbocycles. The molecule has 104 valence electrons. The summed E-state index contributed by atoms with van der Waals surface area (Å²) in [5.41, 5.74) is 0.414. The minimum atomic E-state index is -0.566. The summed E-state index contributed by atoms with van der Waals surface area (Å²) < 4.78 is 4.82. The van der Waals surface area contributed by atoms with Crippen molar-refractivity contribution in [2.45, 2.75) is 31.8 Å². The van der Waals surface area contributed by atoms with Crippen LogP contribution in [0.25, 0.3) is 0 Å². The number of hydrogen-bond acceptors (Lipinski definition) is 4. The van der Waals surface area contributed by atoms with Crippen LogP contribution in [0.4, 0.5) is 0 Å². The van der Waals surface area contributed by atoms with Crippen molar-refractivity contribution in [2.24, 2.45) is 0 Å². The molecule has 2 rings (SSSR count). The van der Waals surface area contributed by atoms with Gasteiger partial charge in [0.05, 0.1) is 11.8 Å². The Morgan fingerprint density at radius 2 is 2.42 bits per heavy atom. The van der Waals surface area contributed by atoms with Crippen LogP contribution < -0.4 is 16.0 Å². The van der Waals surface area contributed by atoms with Crippen molar-refractivity contribution in [3.05, 3.63) is 24.2 Å². The fourth-order valence-electron chi connectivity index (χ4n) is 2.05. The van der Waals surface area contributed by atoms with Gasteiger partial charge < -0.3 is 20.4 Å². The second kappa shape index (κ2) is 6.38. The maximum atomic E-state index is 11.8. The third-order valence-corrected chi connectivity index (χ3v) is 3.21. The van der Waals surface area contributed by atoms with Crippen LogP contribution in [0.5, 0.6) is 0 Å². The van der Waals surface area contributed by atoms with Crippen molar-refractivity contribution in [3.63, 3.8) is 0 Å². The smallest absolute Gasteiger partial charge is 0.255 e. The van der Waals surface area contributed by atoms with Gasteiger partial charge in [0.2, 0.25) is 5.91 Å². The van der Waals surface area contributed by atoms with Gasteiger partial charge in [-0.25, -0.2) is 0 Å². The molecule has 2 unspecified atom stereocenters. The summed E-state index contributed by atoms with van der Waals surface area (Å²) in [5.74, 6) is -0.485. The van der Waals surface area contributed by atoms with Gasteiger partial charge in [-0.2, -0.15) is 0 Å². The SMILES string of the molecule is CC(NC(=O)c1ccoc1)C(=O)NCC1CCCN1. The highest BCUT2D eigenvalue weighted by atomic mass is 16.3. The Hall–Kier alpha value is -1.82. The Morgan fingerprint density at radius 1 is 1.58 bits per heavy atom. The molecule has 0 bridgehead atoms. The van der Waals surface area contributed by atoms with Gasteiger partial charge in [0.15, 0.2) is 0 Å². The van der Waals surface area contributed by atoms with Crippen LogP contribution in [-0.2, 0) is 4.79 Å². The van der Waals surface area contributed by atoms with Crippen LogP contribution in [0.3, 0.4) is 0 Å². The molecule has 2 atom stereocenters. The number of furan rings is 1. The van der Waals surface area contributed by atoms with E-state index in [-0.39, 0.29) is 11.8 Å². The van der Waals surface area contributed by atoms with Gasteiger partial charge in [-0.15, -0.1) is 0 Å². The standard InChI is InChI=1S/C13H19N3O3/c1-9(16-13(18)10-4-6-19-8-10)12(17)15-7-11-3-2-5-14-11/h4,6,8-9,11,14H,2-3,5,7H2,1H3,(H,15,17)(H,16,18). The molecule has 0 aliphatic carbocycles. The van der Waals surface area contributed by atoms with E-state index in [2.05, 4.69) is 16.0 Å². The zero-order chi connectivity index (χ0) is 13.7. The first-order chi connectivity index (χ1) is 9.16. The van der Waals surface area contributed by atoms with E-state index in [4.69, 9.17) is 4.42 Å². The zero-order valence-corrected chi connectivity index (χ0v) is 10.9. The summed E-state index contributed by atoms with van der Waals surface area (Å²) in [5, 5.41) is 8.76. The summed E-state index contributed by atoms with van der Waals surface area (Å²) in [6.45, 7) is 3.27. The molecule has 6 nitrogen and oxygen atoms in total. The molecule has 6 heteroatoms. The summed E-state index contributed by atoms with van der Waals surface area (Å²) in [7, 11) is 0. The quantitative estimate of drug-likeness (QED) is 0.713. The number of rotatable bonds is 5. The van der Waals surface area contributed by atoms with E-state index in [9.17, 15) is 9.59 Å². The molecular weight excluding hydrogens is 246 g/mol. The maximum Gasteiger partial charge on any atom is 0.255 e. The Kier molecular flexibility index (Phi) is 4.57. The lowest BCUT2D eigenvalue weighted by Crippen LogP contribution is -2.47. The molecule has 1 aliphatic rings. The highest BCUT2D eigenvalue weighted by Crippen LogP contribution is 2.03. The van der Waals surface area contributed by atoms with Gasteiger partial charge in [-0.3, -0.25) is 9.59 Å². The van der Waals surface area contributed by atoms with Gasteiger partial charge in [-0.1, -0.05) is 0 Å². The van der Waals surface area contributed by atoms with Gasteiger partial charge in [-0.05, 0) is 32.4 Å². The summed E-state index contributed by atoms with van der Waals surface area (Å²) >= 11 is 0. The normalized spacial score (nSPS) is 19.9. The Morgan fingerprint density at radius 3 is 3.05 bits per heavy atom. The average Bonchev–Trinajstić information content (AvgIpc) is 3.08. The van der Waals surface area contributed by atoms with Crippen LogP contribution in [0, 0.1) is 0 Å². The lowest BCUT2D eigenvalue weighted by Gasteiger charge is -2.16. The molecule has 19 heavy (non-hydrogen) atoms. The van der Waals surface area contributed by atoms with E-state index in [1.54, 1.807) is 13.0 Å². The van der Waals surface area contributed by atoms with Crippen molar-refractivity contribution in [3.8, 4) is 0 Å². The Bertz CT molecular complexity index is 424. The molecule has 0 radical (unpaired) electrons. The molecule has 1 fully saturated rings. The van der Waals surface area contributed by atoms with Gasteiger partial charge in [0, 0.05) is 12.6 Å². The maximum absolute atomic E-state index is 11.8. The zero-order valence-electron chi connectivity index (χ0n) is 10.9. The monoisotopic (exact) mass is 265 g/mol. The number of hydrogen-bond donors (Lipinski definition) is 3. The molecule has 1 aromatic rings. The minimum Gasteiger partial charge on any atom is -0.472 e. The van der Waals surface area contributed by atoms with Crippen molar-refractivity contribution in [1.29, 1.82) is 0 Å². The highest BCUT2D eigenvalue weighted by molar-refractivity contribution is 5.97. The molecule has 3 N–H and O–H groups in total. The third kappa shape index (κ3) is 3.82. The van der Waals surface area contributed by atoms with E-state index in [0.717, 1.165) is 19.4 Å². The fraction of sp³-hybridized carbons (Fsp3) is 0.538. The van der Waals surface area contributed by atoms with Crippen molar-refractivity contribution < 1.29 is 14.0 Å². The van der Waals surface area contributed by atoms with Crippen LogP contribution in [0.2, 0.25) is 0 Å². The number of amides is 2. The van der Waals surface area contributed by atoms with E-state index < -0.39 is 6.04 Å². The summed E-state index contributed by atoms with van der Waals surface area (Å²) in [6, 6.07) is 1.34. The van der Waals surface area contributed by atoms with Crippen molar-refractivity contribution >= 4 is 11.8 Å². The van der Waals surface area contributed by atoms with Crippen LogP contribution in [-0.4, -0.2) is 37.0 Å². The largest absolute Gasteiger partial charge is 0.472 e. The Balaban J connectivity index is 1.74. The highest BCUT2D eigenvalue weighted by Gasteiger charge is 2.19. The molecule has 0 spiro atoms.